The average molecular weight is 407 g/mol. The molecule has 0 bridgehead atoms. The molecule has 1 saturated heterocycles. The zero-order chi connectivity index (χ0) is 18.2. The summed E-state index contributed by atoms with van der Waals surface area (Å²) >= 11 is 8.07. The third kappa shape index (κ3) is 3.69. The summed E-state index contributed by atoms with van der Waals surface area (Å²) in [7, 11) is 0. The molecule has 0 radical (unpaired) electrons. The van der Waals surface area contributed by atoms with Gasteiger partial charge in [0, 0.05) is 30.1 Å². The highest BCUT2D eigenvalue weighted by atomic mass is 35.5. The van der Waals surface area contributed by atoms with Gasteiger partial charge in [-0.2, -0.15) is 0 Å². The van der Waals surface area contributed by atoms with Crippen molar-refractivity contribution in [3.8, 4) is 0 Å². The highest BCUT2D eigenvalue weighted by Crippen LogP contribution is 2.40. The fraction of sp³-hybridized carbons (Fsp3) is 0.700. The van der Waals surface area contributed by atoms with Gasteiger partial charge in [-0.25, -0.2) is 9.97 Å². The maximum Gasteiger partial charge on any atom is 0.225 e. The van der Waals surface area contributed by atoms with E-state index < -0.39 is 0 Å². The minimum atomic E-state index is 0.366. The molecule has 0 spiro atoms. The second kappa shape index (κ2) is 7.82. The van der Waals surface area contributed by atoms with Crippen LogP contribution < -0.4 is 5.32 Å². The Labute approximate surface area is 169 Å². The molecule has 0 unspecified atom stereocenters. The van der Waals surface area contributed by atoms with E-state index >= 15 is 0 Å². The number of anilines is 1. The van der Waals surface area contributed by atoms with Gasteiger partial charge in [0.05, 0.1) is 18.6 Å². The van der Waals surface area contributed by atoms with Crippen molar-refractivity contribution in [2.45, 2.75) is 63.5 Å². The van der Waals surface area contributed by atoms with E-state index in [-0.39, 0.29) is 0 Å². The predicted molar refractivity (Wildman–Crippen MR) is 111 cm³/mol. The van der Waals surface area contributed by atoms with Crippen molar-refractivity contribution in [1.82, 2.24) is 14.9 Å². The largest absolute Gasteiger partial charge is 0.379 e. The number of aryl methyl sites for hydroxylation is 2. The van der Waals surface area contributed by atoms with Crippen LogP contribution in [-0.4, -0.2) is 53.3 Å². The Morgan fingerprint density at radius 1 is 1.04 bits per heavy atom. The Morgan fingerprint density at radius 3 is 2.63 bits per heavy atom. The van der Waals surface area contributed by atoms with Gasteiger partial charge in [0.2, 0.25) is 5.28 Å². The van der Waals surface area contributed by atoms with Crippen molar-refractivity contribution in [2.75, 3.05) is 31.6 Å². The molecule has 146 valence electrons. The fourth-order valence-corrected chi connectivity index (χ4v) is 6.44. The van der Waals surface area contributed by atoms with E-state index in [1.54, 1.807) is 0 Å². The van der Waals surface area contributed by atoms with Gasteiger partial charge in [-0.05, 0) is 68.5 Å². The summed E-state index contributed by atoms with van der Waals surface area (Å²) in [6.45, 7) is 3.95. The molecule has 27 heavy (non-hydrogen) atoms. The molecular weight excluding hydrogens is 380 g/mol. The lowest BCUT2D eigenvalue weighted by atomic mass is 9.89. The first kappa shape index (κ1) is 18.1. The van der Waals surface area contributed by atoms with E-state index in [9.17, 15) is 0 Å². The van der Waals surface area contributed by atoms with Crippen LogP contribution in [0.25, 0.3) is 10.2 Å². The number of rotatable bonds is 3. The van der Waals surface area contributed by atoms with Crippen LogP contribution in [0.2, 0.25) is 5.28 Å². The van der Waals surface area contributed by atoms with Crippen molar-refractivity contribution < 1.29 is 4.74 Å². The summed E-state index contributed by atoms with van der Waals surface area (Å²) in [5, 5.41) is 5.36. The number of morpholine rings is 1. The first-order valence-electron chi connectivity index (χ1n) is 10.3. The van der Waals surface area contributed by atoms with Crippen LogP contribution in [0.15, 0.2) is 0 Å². The molecule has 0 amide bonds. The van der Waals surface area contributed by atoms with Gasteiger partial charge in [-0.3, -0.25) is 4.90 Å². The van der Waals surface area contributed by atoms with Gasteiger partial charge in [-0.15, -0.1) is 11.3 Å². The van der Waals surface area contributed by atoms with Gasteiger partial charge in [0.15, 0.2) is 0 Å². The number of nitrogens with one attached hydrogen (secondary N) is 1. The zero-order valence-electron chi connectivity index (χ0n) is 15.7. The zero-order valence-corrected chi connectivity index (χ0v) is 17.2. The Hall–Kier alpha value is -0.950. The predicted octanol–water partition coefficient (Wildman–Crippen LogP) is 4.28. The summed E-state index contributed by atoms with van der Waals surface area (Å²) in [5.74, 6) is 0.972. The third-order valence-electron chi connectivity index (χ3n) is 6.39. The van der Waals surface area contributed by atoms with Crippen LogP contribution in [0.3, 0.4) is 0 Å². The molecule has 2 aromatic heterocycles. The molecule has 1 aliphatic heterocycles. The molecule has 0 aromatic carbocycles. The van der Waals surface area contributed by atoms with Gasteiger partial charge < -0.3 is 10.1 Å². The highest BCUT2D eigenvalue weighted by Gasteiger charge is 2.28. The fourth-order valence-electron chi connectivity index (χ4n) is 4.96. The Bertz CT molecular complexity index is 812. The number of fused-ring (bicyclic) bond motifs is 3. The van der Waals surface area contributed by atoms with Crippen molar-refractivity contribution in [1.29, 1.82) is 0 Å². The second-order valence-corrected chi connectivity index (χ2v) is 9.45. The molecule has 2 fully saturated rings. The summed E-state index contributed by atoms with van der Waals surface area (Å²) < 4.78 is 5.50. The van der Waals surface area contributed by atoms with Crippen LogP contribution in [0.1, 0.15) is 49.0 Å². The molecule has 3 heterocycles. The van der Waals surface area contributed by atoms with Gasteiger partial charge >= 0.3 is 0 Å². The Morgan fingerprint density at radius 2 is 1.81 bits per heavy atom. The van der Waals surface area contributed by atoms with Gasteiger partial charge in [-0.1, -0.05) is 0 Å². The monoisotopic (exact) mass is 406 g/mol. The molecule has 2 aliphatic carbocycles. The molecule has 1 N–H and O–H groups in total. The molecule has 5 nitrogen and oxygen atoms in total. The lowest BCUT2D eigenvalue weighted by molar-refractivity contribution is 0.00791. The standard InChI is InChI=1S/C20H27ClN4OS/c21-20-23-18(17-15-3-1-2-4-16(15)27-19(17)24-20)22-13-5-7-14(8-6-13)25-9-11-26-12-10-25/h13-14H,1-12H2,(H,22,23,24)/t13-,14-. The lowest BCUT2D eigenvalue weighted by Crippen LogP contribution is -2.46. The number of ether oxygens (including phenoxy) is 1. The number of nitrogens with zero attached hydrogens (tertiary/aromatic N) is 3. The van der Waals surface area contributed by atoms with E-state index in [1.165, 1.54) is 60.8 Å². The van der Waals surface area contributed by atoms with E-state index in [0.29, 0.717) is 11.3 Å². The third-order valence-corrected chi connectivity index (χ3v) is 7.74. The molecule has 2 aromatic rings. The van der Waals surface area contributed by atoms with Crippen LogP contribution in [-0.2, 0) is 17.6 Å². The number of hydrogen-bond acceptors (Lipinski definition) is 6. The van der Waals surface area contributed by atoms with Crippen molar-refractivity contribution >= 4 is 39.0 Å². The smallest absolute Gasteiger partial charge is 0.225 e. The first-order valence-corrected chi connectivity index (χ1v) is 11.5. The summed E-state index contributed by atoms with van der Waals surface area (Å²) in [4.78, 5) is 14.3. The minimum Gasteiger partial charge on any atom is -0.379 e. The second-order valence-electron chi connectivity index (χ2n) is 8.03. The maximum absolute atomic E-state index is 6.26. The average Bonchev–Trinajstić information content (AvgIpc) is 3.07. The Kier molecular flexibility index (Phi) is 5.24. The normalized spacial score (nSPS) is 26.9. The van der Waals surface area contributed by atoms with E-state index in [1.807, 2.05) is 11.3 Å². The number of halogens is 1. The van der Waals surface area contributed by atoms with Crippen molar-refractivity contribution in [2.24, 2.45) is 0 Å². The van der Waals surface area contributed by atoms with Crippen LogP contribution in [0.5, 0.6) is 0 Å². The number of thiophene rings is 1. The van der Waals surface area contributed by atoms with E-state index in [4.69, 9.17) is 16.3 Å². The first-order chi connectivity index (χ1) is 13.3. The van der Waals surface area contributed by atoms with E-state index in [0.717, 1.165) is 49.4 Å². The van der Waals surface area contributed by atoms with E-state index in [2.05, 4.69) is 20.2 Å². The van der Waals surface area contributed by atoms with Crippen molar-refractivity contribution in [3.05, 3.63) is 15.7 Å². The molecular formula is C20H27ClN4OS. The topological polar surface area (TPSA) is 50.3 Å². The SMILES string of the molecule is Clc1nc(N[C@H]2CC[C@H](N3CCOCC3)CC2)c2c3c(sc2n1)CCCC3. The maximum atomic E-state index is 6.26. The molecule has 1 saturated carbocycles. The number of aromatic nitrogens is 2. The lowest BCUT2D eigenvalue weighted by Gasteiger charge is -2.39. The van der Waals surface area contributed by atoms with Crippen LogP contribution in [0.4, 0.5) is 5.82 Å². The van der Waals surface area contributed by atoms with Gasteiger partial charge in [0.1, 0.15) is 10.6 Å². The van der Waals surface area contributed by atoms with Crippen LogP contribution in [0, 0.1) is 0 Å². The Balaban J connectivity index is 1.32. The summed E-state index contributed by atoms with van der Waals surface area (Å²) in [5.41, 5.74) is 1.47. The molecule has 0 atom stereocenters. The minimum absolute atomic E-state index is 0.366. The summed E-state index contributed by atoms with van der Waals surface area (Å²) in [6, 6.07) is 1.20. The molecule has 3 aliphatic rings. The highest BCUT2D eigenvalue weighted by molar-refractivity contribution is 7.19. The molecule has 7 heteroatoms. The number of hydrogen-bond donors (Lipinski definition) is 1. The summed E-state index contributed by atoms with van der Waals surface area (Å²) in [6.07, 6.45) is 9.77. The van der Waals surface area contributed by atoms with Gasteiger partial charge in [0.25, 0.3) is 0 Å². The van der Waals surface area contributed by atoms with Crippen molar-refractivity contribution in [3.63, 3.8) is 0 Å². The van der Waals surface area contributed by atoms with Crippen LogP contribution >= 0.6 is 22.9 Å². The quantitative estimate of drug-likeness (QED) is 0.771. The molecule has 5 rings (SSSR count).